The monoisotopic (exact) mass is 310 g/mol. The lowest BCUT2D eigenvalue weighted by molar-refractivity contribution is 0.259. The van der Waals surface area contributed by atoms with Crippen molar-refractivity contribution in [3.63, 3.8) is 0 Å². The lowest BCUT2D eigenvalue weighted by Gasteiger charge is -2.16. The summed E-state index contributed by atoms with van der Waals surface area (Å²) in [4.78, 5) is -0.0561. The van der Waals surface area contributed by atoms with Crippen molar-refractivity contribution < 1.29 is 13.5 Å². The van der Waals surface area contributed by atoms with Gasteiger partial charge in [-0.05, 0) is 12.5 Å². The normalized spacial score (nSPS) is 13.3. The quantitative estimate of drug-likeness (QED) is 0.737. The van der Waals surface area contributed by atoms with Crippen LogP contribution in [0.1, 0.15) is 17.3 Å². The fourth-order valence-electron chi connectivity index (χ4n) is 2.09. The maximum absolute atomic E-state index is 12.5. The Balaban J connectivity index is 2.36. The molecule has 1 aromatic heterocycles. The number of nitrogens with one attached hydrogen (secondary N) is 1. The van der Waals surface area contributed by atoms with Crippen LogP contribution in [0.2, 0.25) is 0 Å². The van der Waals surface area contributed by atoms with Gasteiger partial charge >= 0.3 is 0 Å². The van der Waals surface area contributed by atoms with Gasteiger partial charge < -0.3 is 10.8 Å². The highest BCUT2D eigenvalue weighted by Gasteiger charge is 2.27. The molecule has 1 aromatic carbocycles. The van der Waals surface area contributed by atoms with E-state index in [1.165, 1.54) is 4.68 Å². The molecular weight excluding hydrogens is 292 g/mol. The molecule has 2 rings (SSSR count). The Kier molecular flexibility index (Phi) is 4.31. The number of aromatic nitrogens is 2. The van der Waals surface area contributed by atoms with Crippen LogP contribution in [-0.4, -0.2) is 29.9 Å². The Morgan fingerprint density at radius 3 is 2.48 bits per heavy atom. The van der Waals surface area contributed by atoms with Crippen LogP contribution >= 0.6 is 0 Å². The van der Waals surface area contributed by atoms with Gasteiger partial charge in [-0.15, -0.1) is 0 Å². The molecule has 1 atom stereocenters. The second-order valence-corrected chi connectivity index (χ2v) is 6.34. The van der Waals surface area contributed by atoms with E-state index in [9.17, 15) is 13.5 Å². The van der Waals surface area contributed by atoms with Gasteiger partial charge in [0, 0.05) is 7.05 Å². The summed E-state index contributed by atoms with van der Waals surface area (Å²) in [6.45, 7) is 1.26. The van der Waals surface area contributed by atoms with Crippen molar-refractivity contribution in [3.05, 3.63) is 41.6 Å². The maximum atomic E-state index is 12.5. The van der Waals surface area contributed by atoms with Crippen LogP contribution in [-0.2, 0) is 17.1 Å². The third kappa shape index (κ3) is 3.07. The van der Waals surface area contributed by atoms with E-state index >= 15 is 0 Å². The van der Waals surface area contributed by atoms with Crippen molar-refractivity contribution in [1.82, 2.24) is 14.5 Å². The molecule has 114 valence electrons. The molecule has 0 saturated carbocycles. The highest BCUT2D eigenvalue weighted by atomic mass is 32.2. The molecule has 1 heterocycles. The van der Waals surface area contributed by atoms with Crippen LogP contribution in [0.15, 0.2) is 35.2 Å². The zero-order valence-corrected chi connectivity index (χ0v) is 12.6. The number of hydrogen-bond acceptors (Lipinski definition) is 5. The topological polar surface area (TPSA) is 110 Å². The first kappa shape index (κ1) is 15.5. The number of rotatable bonds is 5. The Labute approximate surface area is 123 Å². The number of aryl methyl sites for hydroxylation is 1. The molecule has 0 fully saturated rings. The van der Waals surface area contributed by atoms with E-state index in [1.54, 1.807) is 38.2 Å². The molecule has 8 heteroatoms. The molecular formula is C13H18N4O3S. The number of nitrogens with two attached hydrogens (primary N) is 1. The van der Waals surface area contributed by atoms with Crippen LogP contribution in [0, 0.1) is 6.92 Å². The third-order valence-corrected chi connectivity index (χ3v) is 4.89. The van der Waals surface area contributed by atoms with E-state index < -0.39 is 16.1 Å². The second-order valence-electron chi connectivity index (χ2n) is 4.69. The summed E-state index contributed by atoms with van der Waals surface area (Å²) in [5.41, 5.74) is 6.78. The number of sulfonamides is 1. The Hall–Kier alpha value is -1.90. The van der Waals surface area contributed by atoms with Gasteiger partial charge in [0.15, 0.2) is 5.82 Å². The van der Waals surface area contributed by atoms with Gasteiger partial charge in [0.1, 0.15) is 4.90 Å². The number of nitrogens with zero attached hydrogens (tertiary/aromatic N) is 2. The minimum Gasteiger partial charge on any atom is -0.394 e. The van der Waals surface area contributed by atoms with E-state index in [0.29, 0.717) is 11.3 Å². The molecule has 0 amide bonds. The van der Waals surface area contributed by atoms with Crippen molar-refractivity contribution in [3.8, 4) is 0 Å². The molecule has 7 nitrogen and oxygen atoms in total. The first-order valence-corrected chi connectivity index (χ1v) is 7.82. The van der Waals surface area contributed by atoms with Crippen molar-refractivity contribution in [2.24, 2.45) is 7.05 Å². The van der Waals surface area contributed by atoms with Crippen LogP contribution in [0.3, 0.4) is 0 Å². The van der Waals surface area contributed by atoms with Gasteiger partial charge in [-0.1, -0.05) is 30.3 Å². The van der Waals surface area contributed by atoms with Gasteiger partial charge in [-0.2, -0.15) is 5.10 Å². The molecule has 0 aliphatic rings. The van der Waals surface area contributed by atoms with E-state index in [-0.39, 0.29) is 17.3 Å². The van der Waals surface area contributed by atoms with Gasteiger partial charge in [0.05, 0.1) is 18.3 Å². The van der Waals surface area contributed by atoms with Crippen molar-refractivity contribution in [1.29, 1.82) is 0 Å². The summed E-state index contributed by atoms with van der Waals surface area (Å²) < 4.78 is 28.8. The number of anilines is 1. The first-order valence-electron chi connectivity index (χ1n) is 6.34. The van der Waals surface area contributed by atoms with Crippen LogP contribution in [0.25, 0.3) is 0 Å². The van der Waals surface area contributed by atoms with Crippen LogP contribution in [0.5, 0.6) is 0 Å². The predicted octanol–water partition coefficient (Wildman–Crippen LogP) is 0.323. The number of hydrogen-bond donors (Lipinski definition) is 3. The molecule has 4 N–H and O–H groups in total. The summed E-state index contributed by atoms with van der Waals surface area (Å²) >= 11 is 0. The van der Waals surface area contributed by atoms with Gasteiger partial charge in [-0.3, -0.25) is 4.68 Å². The fourth-order valence-corrected chi connectivity index (χ4v) is 3.63. The summed E-state index contributed by atoms with van der Waals surface area (Å²) in [7, 11) is -2.26. The van der Waals surface area contributed by atoms with E-state index in [1.807, 2.05) is 6.07 Å². The highest BCUT2D eigenvalue weighted by molar-refractivity contribution is 7.89. The Morgan fingerprint density at radius 2 is 2.00 bits per heavy atom. The summed E-state index contributed by atoms with van der Waals surface area (Å²) in [6, 6.07) is 8.10. The smallest absolute Gasteiger partial charge is 0.246 e. The zero-order chi connectivity index (χ0) is 15.6. The number of aliphatic hydroxyl groups is 1. The third-order valence-electron chi connectivity index (χ3n) is 3.26. The minimum absolute atomic E-state index is 0.0561. The molecule has 21 heavy (non-hydrogen) atoms. The lowest BCUT2D eigenvalue weighted by Crippen LogP contribution is -2.31. The second kappa shape index (κ2) is 5.84. The maximum Gasteiger partial charge on any atom is 0.246 e. The fraction of sp³-hybridized carbons (Fsp3) is 0.308. The summed E-state index contributed by atoms with van der Waals surface area (Å²) in [6.07, 6.45) is 0. The molecule has 2 aromatic rings. The standard InChI is InChI=1S/C13H18N4O3S/c1-9-12(13(14)15-17(9)2)21(19,20)16-11(8-18)10-6-4-3-5-7-10/h3-7,11,16,18H,8H2,1-2H3,(H2,14,15)/t11-/m0/s1. The molecule has 0 aliphatic heterocycles. The summed E-state index contributed by atoms with van der Waals surface area (Å²) in [5, 5.41) is 13.4. The van der Waals surface area contributed by atoms with Crippen molar-refractivity contribution in [2.75, 3.05) is 12.3 Å². The van der Waals surface area contributed by atoms with Gasteiger partial charge in [0.25, 0.3) is 0 Å². The average Bonchev–Trinajstić information content (AvgIpc) is 2.71. The van der Waals surface area contributed by atoms with Gasteiger partial charge in [0.2, 0.25) is 10.0 Å². The van der Waals surface area contributed by atoms with Crippen LogP contribution in [0.4, 0.5) is 5.82 Å². The van der Waals surface area contributed by atoms with Gasteiger partial charge in [-0.25, -0.2) is 13.1 Å². The highest BCUT2D eigenvalue weighted by Crippen LogP contribution is 2.23. The van der Waals surface area contributed by atoms with E-state index in [0.717, 1.165) is 0 Å². The molecule has 0 spiro atoms. The molecule has 0 unspecified atom stereocenters. The Bertz CT molecular complexity index is 725. The first-order chi connectivity index (χ1) is 9.86. The van der Waals surface area contributed by atoms with E-state index in [4.69, 9.17) is 5.73 Å². The molecule has 0 bridgehead atoms. The molecule has 0 radical (unpaired) electrons. The Morgan fingerprint density at radius 1 is 1.38 bits per heavy atom. The largest absolute Gasteiger partial charge is 0.394 e. The van der Waals surface area contributed by atoms with E-state index in [2.05, 4.69) is 9.82 Å². The van der Waals surface area contributed by atoms with Crippen molar-refractivity contribution in [2.45, 2.75) is 17.9 Å². The number of nitrogen functional groups attached to an aromatic ring is 1. The lowest BCUT2D eigenvalue weighted by atomic mass is 10.1. The SMILES string of the molecule is Cc1c(S(=O)(=O)N[C@@H](CO)c2ccccc2)c(N)nn1C. The average molecular weight is 310 g/mol. The molecule has 0 aliphatic carbocycles. The predicted molar refractivity (Wildman–Crippen MR) is 78.9 cm³/mol. The number of aliphatic hydroxyl groups excluding tert-OH is 1. The zero-order valence-electron chi connectivity index (χ0n) is 11.8. The number of benzene rings is 1. The van der Waals surface area contributed by atoms with Crippen molar-refractivity contribution >= 4 is 15.8 Å². The molecule has 0 saturated heterocycles. The minimum atomic E-state index is -3.88. The summed E-state index contributed by atoms with van der Waals surface area (Å²) in [5.74, 6) is -0.0627. The van der Waals surface area contributed by atoms with Crippen LogP contribution < -0.4 is 10.5 Å².